The number of carbonyl (C=O) groups is 1. The molecule has 1 aliphatic rings. The van der Waals surface area contributed by atoms with E-state index in [1.165, 1.54) is 0 Å². The summed E-state index contributed by atoms with van der Waals surface area (Å²) < 4.78 is 141. The minimum absolute atomic E-state index is 0.124. The van der Waals surface area contributed by atoms with Crippen molar-refractivity contribution >= 4 is 17.0 Å². The molecule has 0 aliphatic carbocycles. The van der Waals surface area contributed by atoms with Gasteiger partial charge in [0.2, 0.25) is 0 Å². The molecular formula is C16H21N3O2. The number of cyclic esters (lactones) is 1. The number of likely N-dealkylation sites (N-methyl/N-ethyl adjacent to an activating group) is 1. The van der Waals surface area contributed by atoms with Crippen LogP contribution in [0.5, 0.6) is 0 Å². The number of carbonyl (C=O) groups excluding carboxylic acids is 1. The van der Waals surface area contributed by atoms with E-state index in [-0.39, 0.29) is 4.90 Å². The van der Waals surface area contributed by atoms with E-state index in [4.69, 9.17) is 23.3 Å². The molecular weight excluding hydrogens is 266 g/mol. The largest absolute Gasteiger partial charge is 0.447 e. The van der Waals surface area contributed by atoms with Crippen molar-refractivity contribution in [2.24, 2.45) is 0 Å². The Bertz CT molecular complexity index is 1280. The van der Waals surface area contributed by atoms with Crippen LogP contribution >= 0.6 is 0 Å². The van der Waals surface area contributed by atoms with Crippen molar-refractivity contribution in [1.82, 2.24) is 15.2 Å². The second-order valence-corrected chi connectivity index (χ2v) is 4.00. The van der Waals surface area contributed by atoms with Gasteiger partial charge in [-0.05, 0) is 49.9 Å². The number of aromatic nitrogens is 1. The predicted molar refractivity (Wildman–Crippen MR) is 82.5 cm³/mol. The van der Waals surface area contributed by atoms with Crippen molar-refractivity contribution in [3.8, 4) is 0 Å². The average Bonchev–Trinajstić information content (AvgIpc) is 3.16. The highest BCUT2D eigenvalue weighted by atomic mass is 16.6. The average molecular weight is 304 g/mol. The summed E-state index contributed by atoms with van der Waals surface area (Å²) in [5.41, 5.74) is -2.46. The minimum Gasteiger partial charge on any atom is -0.447 e. The number of fused-ring (bicyclic) bond motifs is 1. The number of amides is 1. The topological polar surface area (TPSA) is 57.4 Å². The van der Waals surface area contributed by atoms with Crippen LogP contribution in [-0.2, 0) is 17.5 Å². The molecule has 1 aromatic carbocycles. The number of aromatic amines is 1. The number of H-pyrrole nitrogens is 1. The Labute approximate surface area is 148 Å². The highest BCUT2D eigenvalue weighted by Crippen LogP contribution is 2.21. The SMILES string of the molecule is [2H]c1[nH]c2c([2H])c([2H])c(C([2H])([2H])[C@]3([2H])NC(=O)OC3([2H])[2H])c([2H])c2c1C([2H])([2H])CN(C([2H])([2H])[2H])C([2H])([2H])[2H]. The van der Waals surface area contributed by atoms with Crippen molar-refractivity contribution in [1.29, 1.82) is 0 Å². The molecule has 1 fully saturated rings. The van der Waals surface area contributed by atoms with Crippen LogP contribution < -0.4 is 5.32 Å². The number of nitrogens with one attached hydrogen (secondary N) is 2. The van der Waals surface area contributed by atoms with E-state index in [0.29, 0.717) is 0 Å². The summed E-state index contributed by atoms with van der Waals surface area (Å²) in [6.07, 6.45) is -8.83. The fraction of sp³-hybridized carbons (Fsp3) is 0.438. The van der Waals surface area contributed by atoms with E-state index in [2.05, 4.69) is 9.72 Å². The maximum absolute atomic E-state index is 11.7. The van der Waals surface area contributed by atoms with Gasteiger partial charge in [0, 0.05) is 37.3 Å². The number of ether oxygens (including phenoxy) is 1. The summed E-state index contributed by atoms with van der Waals surface area (Å²) in [6.45, 7) is -11.3. The van der Waals surface area contributed by atoms with Crippen molar-refractivity contribution in [2.45, 2.75) is 18.8 Å². The van der Waals surface area contributed by atoms with Crippen LogP contribution in [-0.4, -0.2) is 49.1 Å². The van der Waals surface area contributed by atoms with Gasteiger partial charge in [0.1, 0.15) is 6.56 Å². The van der Waals surface area contributed by atoms with Gasteiger partial charge in [0.05, 0.1) is 15.6 Å². The van der Waals surface area contributed by atoms with Gasteiger partial charge in [-0.1, -0.05) is 6.04 Å². The number of rotatable bonds is 5. The number of hydrogen-bond acceptors (Lipinski definition) is 3. The summed E-state index contributed by atoms with van der Waals surface area (Å²) in [7, 11) is 0. The first kappa shape index (κ1) is 4.26. The fourth-order valence-corrected chi connectivity index (χ4v) is 1.66. The third kappa shape index (κ3) is 3.19. The van der Waals surface area contributed by atoms with Gasteiger partial charge < -0.3 is 19.9 Å². The Morgan fingerprint density at radius 2 is 2.57 bits per heavy atom. The maximum Gasteiger partial charge on any atom is 0.407 e. The first-order chi connectivity index (χ1) is 16.8. The van der Waals surface area contributed by atoms with Crippen molar-refractivity contribution in [3.05, 3.63) is 35.4 Å². The molecule has 2 aromatic rings. The third-order valence-corrected chi connectivity index (χ3v) is 2.51. The van der Waals surface area contributed by atoms with Gasteiger partial charge in [-0.2, -0.15) is 0 Å². The van der Waals surface area contributed by atoms with Crippen LogP contribution in [0.3, 0.4) is 0 Å². The molecule has 0 unspecified atom stereocenters. The van der Waals surface area contributed by atoms with E-state index in [1.807, 2.05) is 0 Å². The molecule has 0 spiro atoms. The third-order valence-electron chi connectivity index (χ3n) is 2.51. The molecule has 1 aromatic heterocycles. The second-order valence-electron chi connectivity index (χ2n) is 4.00. The maximum atomic E-state index is 11.7. The summed E-state index contributed by atoms with van der Waals surface area (Å²) in [6, 6.07) is -6.29. The molecule has 3 rings (SSSR count). The molecule has 0 radical (unpaired) electrons. The smallest absolute Gasteiger partial charge is 0.407 e. The molecule has 1 saturated heterocycles. The van der Waals surface area contributed by atoms with Gasteiger partial charge in [-0.15, -0.1) is 0 Å². The molecule has 21 heavy (non-hydrogen) atoms. The van der Waals surface area contributed by atoms with Crippen LogP contribution in [0.1, 0.15) is 34.4 Å². The highest BCUT2D eigenvalue weighted by Gasteiger charge is 2.22. The Morgan fingerprint density at radius 1 is 1.67 bits per heavy atom. The molecule has 2 heterocycles. The zero-order valence-corrected chi connectivity index (χ0v) is 10.5. The summed E-state index contributed by atoms with van der Waals surface area (Å²) in [5.74, 6) is 0. The van der Waals surface area contributed by atoms with Crippen molar-refractivity contribution in [2.75, 3.05) is 27.1 Å². The number of alkyl carbamates (subject to hydrolysis) is 1. The zero-order valence-electron chi connectivity index (χ0n) is 27.5. The summed E-state index contributed by atoms with van der Waals surface area (Å²) in [5, 5.41) is 0.978. The first-order valence-electron chi connectivity index (χ1n) is 14.2. The molecule has 5 nitrogen and oxygen atoms in total. The van der Waals surface area contributed by atoms with Crippen molar-refractivity contribution in [3.63, 3.8) is 0 Å². The van der Waals surface area contributed by atoms with Gasteiger partial charge in [-0.3, -0.25) is 0 Å². The number of nitrogens with zero attached hydrogens (tertiary/aromatic N) is 1. The first-order valence-corrected chi connectivity index (χ1v) is 5.73. The Balaban J connectivity index is 2.35. The molecule has 1 atom stereocenters. The van der Waals surface area contributed by atoms with Gasteiger partial charge >= 0.3 is 6.09 Å². The lowest BCUT2D eigenvalue weighted by Crippen LogP contribution is -2.28. The van der Waals surface area contributed by atoms with Gasteiger partial charge in [-0.25, -0.2) is 4.79 Å². The Hall–Kier alpha value is -2.01. The normalized spacial score (nSPS) is 38.5. The zero-order chi connectivity index (χ0) is 29.6. The lowest BCUT2D eigenvalue weighted by molar-refractivity contribution is 0.177. The molecule has 0 saturated carbocycles. The highest BCUT2D eigenvalue weighted by molar-refractivity contribution is 5.84. The minimum atomic E-state index is -3.46. The van der Waals surface area contributed by atoms with Crippen molar-refractivity contribution < 1.29 is 32.8 Å². The van der Waals surface area contributed by atoms with Gasteiger partial charge in [0.25, 0.3) is 0 Å². The van der Waals surface area contributed by atoms with Gasteiger partial charge in [0.15, 0.2) is 0 Å². The molecule has 5 heteroatoms. The monoisotopic (exact) mass is 304 g/mol. The Kier molecular flexibility index (Phi) is 1.17. The molecule has 1 aliphatic heterocycles. The molecule has 2 N–H and O–H groups in total. The van der Waals surface area contributed by atoms with E-state index in [9.17, 15) is 4.79 Å². The molecule has 112 valence electrons. The standard InChI is InChI=1S/C16H21N3O2/c1-19(2)6-5-12-9-17-15-4-3-11(8-14(12)15)7-13-10-21-16(20)18-13/h3-4,8-9,13,17H,5-7,10H2,1-2H3,(H,18,20)/t13-/m0/s1/i1D3,2D3,3D,4D,5D2,7D2,8D,9D,10D2,13D. The fourth-order valence-electron chi connectivity index (χ4n) is 1.66. The quantitative estimate of drug-likeness (QED) is 0.887. The number of hydrogen-bond donors (Lipinski definition) is 2. The molecule has 0 bridgehead atoms. The van der Waals surface area contributed by atoms with Crippen LogP contribution in [0.25, 0.3) is 10.9 Å². The molecule has 1 amide bonds. The van der Waals surface area contributed by atoms with Crippen LogP contribution in [0.2, 0.25) is 0 Å². The number of benzene rings is 1. The van der Waals surface area contributed by atoms with E-state index < -0.39 is 98.2 Å². The van der Waals surface area contributed by atoms with Crippen LogP contribution in [0.15, 0.2) is 24.3 Å². The summed E-state index contributed by atoms with van der Waals surface area (Å²) >= 11 is 0. The second kappa shape index (κ2) is 5.77. The van der Waals surface area contributed by atoms with Crippen LogP contribution in [0, 0.1) is 0 Å². The lowest BCUT2D eigenvalue weighted by Gasteiger charge is -2.09. The Morgan fingerprint density at radius 3 is 3.33 bits per heavy atom. The lowest BCUT2D eigenvalue weighted by atomic mass is 10.0. The van der Waals surface area contributed by atoms with Crippen LogP contribution in [0.4, 0.5) is 4.79 Å². The van der Waals surface area contributed by atoms with E-state index in [1.54, 1.807) is 5.32 Å². The predicted octanol–water partition coefficient (Wildman–Crippen LogP) is 1.92. The van der Waals surface area contributed by atoms with E-state index in [0.717, 1.165) is 0 Å². The van der Waals surface area contributed by atoms with E-state index >= 15 is 0 Å². The summed E-state index contributed by atoms with van der Waals surface area (Å²) in [4.78, 5) is 13.8.